The van der Waals surface area contributed by atoms with E-state index in [2.05, 4.69) is 0 Å². The van der Waals surface area contributed by atoms with Crippen molar-refractivity contribution >= 4 is 33.3 Å². The Hall–Kier alpha value is -1.88. The van der Waals surface area contributed by atoms with Crippen molar-refractivity contribution in [3.8, 4) is 0 Å². The molecule has 1 N–H and O–H groups in total. The van der Waals surface area contributed by atoms with Gasteiger partial charge in [-0.3, -0.25) is 4.79 Å². The smallest absolute Gasteiger partial charge is 0.346 e. The molecule has 4 nitrogen and oxygen atoms in total. The van der Waals surface area contributed by atoms with Gasteiger partial charge in [0.1, 0.15) is 4.88 Å². The molecule has 0 spiro atoms. The molecule has 0 aliphatic carbocycles. The highest BCUT2D eigenvalue weighted by Gasteiger charge is 2.21. The van der Waals surface area contributed by atoms with E-state index in [0.717, 1.165) is 10.1 Å². The molecule has 0 bridgehead atoms. The molecule has 0 atom stereocenters. The Balaban J connectivity index is 2.44. The van der Waals surface area contributed by atoms with Gasteiger partial charge < -0.3 is 10.0 Å². The normalized spacial score (nSPS) is 10.7. The van der Waals surface area contributed by atoms with E-state index < -0.39 is 5.97 Å². The van der Waals surface area contributed by atoms with Gasteiger partial charge in [-0.1, -0.05) is 18.2 Å². The summed E-state index contributed by atoms with van der Waals surface area (Å²) >= 11 is 1.23. The number of rotatable bonds is 5. The van der Waals surface area contributed by atoms with Gasteiger partial charge in [-0.2, -0.15) is 0 Å². The average Bonchev–Trinajstić information content (AvgIpc) is 2.79. The Morgan fingerprint density at radius 2 is 1.85 bits per heavy atom. The van der Waals surface area contributed by atoms with E-state index in [4.69, 9.17) is 0 Å². The van der Waals surface area contributed by atoms with Crippen LogP contribution in [0.3, 0.4) is 0 Å². The molecule has 2 rings (SSSR count). The number of likely N-dealkylation sites (N-methyl/N-ethyl adjacent to an activating group) is 1. The van der Waals surface area contributed by atoms with Crippen molar-refractivity contribution in [1.29, 1.82) is 0 Å². The highest BCUT2D eigenvalue weighted by atomic mass is 32.1. The fourth-order valence-electron chi connectivity index (χ4n) is 2.29. The van der Waals surface area contributed by atoms with E-state index in [1.54, 1.807) is 4.90 Å². The summed E-state index contributed by atoms with van der Waals surface area (Å²) in [5.74, 6) is -0.991. The van der Waals surface area contributed by atoms with Gasteiger partial charge in [-0.25, -0.2) is 4.79 Å². The maximum Gasteiger partial charge on any atom is 0.346 e. The minimum Gasteiger partial charge on any atom is -0.477 e. The zero-order chi connectivity index (χ0) is 14.7. The minimum absolute atomic E-state index is 0.0268. The van der Waals surface area contributed by atoms with Crippen molar-refractivity contribution in [1.82, 2.24) is 4.90 Å². The topological polar surface area (TPSA) is 57.6 Å². The van der Waals surface area contributed by atoms with Gasteiger partial charge in [0.05, 0.1) is 6.42 Å². The second-order valence-electron chi connectivity index (χ2n) is 4.45. The Kier molecular flexibility index (Phi) is 4.39. The van der Waals surface area contributed by atoms with Crippen LogP contribution in [0.1, 0.15) is 29.1 Å². The molecule has 0 aliphatic heterocycles. The summed E-state index contributed by atoms with van der Waals surface area (Å²) in [5, 5.41) is 10.2. The quantitative estimate of drug-likeness (QED) is 0.921. The second kappa shape index (κ2) is 6.05. The third-order valence-corrected chi connectivity index (χ3v) is 4.54. The second-order valence-corrected chi connectivity index (χ2v) is 5.51. The number of hydrogen-bond donors (Lipinski definition) is 1. The number of carbonyl (C=O) groups is 2. The largest absolute Gasteiger partial charge is 0.477 e. The van der Waals surface area contributed by atoms with Crippen LogP contribution < -0.4 is 0 Å². The van der Waals surface area contributed by atoms with E-state index in [1.807, 2.05) is 38.1 Å². The van der Waals surface area contributed by atoms with Gasteiger partial charge in [0, 0.05) is 17.8 Å². The average molecular weight is 291 g/mol. The van der Waals surface area contributed by atoms with Gasteiger partial charge in [0.2, 0.25) is 5.91 Å². The SMILES string of the molecule is CCN(CC)C(=O)Cc1c(C(=O)O)sc2ccccc12. The van der Waals surface area contributed by atoms with Crippen molar-refractivity contribution in [3.63, 3.8) is 0 Å². The molecule has 1 heterocycles. The van der Waals surface area contributed by atoms with E-state index >= 15 is 0 Å². The Morgan fingerprint density at radius 3 is 2.45 bits per heavy atom. The molecule has 0 fully saturated rings. The van der Waals surface area contributed by atoms with Crippen LogP contribution in [0.2, 0.25) is 0 Å². The first-order chi connectivity index (χ1) is 9.58. The number of aromatic carboxylic acids is 1. The van der Waals surface area contributed by atoms with E-state index in [0.29, 0.717) is 18.7 Å². The van der Waals surface area contributed by atoms with Crippen LogP contribution in [0, 0.1) is 0 Å². The fraction of sp³-hybridized carbons (Fsp3) is 0.333. The number of hydrogen-bond acceptors (Lipinski definition) is 3. The molecule has 0 unspecified atom stereocenters. The molecule has 0 saturated carbocycles. The van der Waals surface area contributed by atoms with Gasteiger partial charge in [-0.15, -0.1) is 11.3 Å². The monoisotopic (exact) mass is 291 g/mol. The summed E-state index contributed by atoms with van der Waals surface area (Å²) in [4.78, 5) is 25.6. The number of amides is 1. The van der Waals surface area contributed by atoms with Crippen molar-refractivity contribution in [2.24, 2.45) is 0 Å². The molecule has 0 aliphatic rings. The lowest BCUT2D eigenvalue weighted by molar-refractivity contribution is -0.130. The van der Waals surface area contributed by atoms with Crippen molar-refractivity contribution in [2.45, 2.75) is 20.3 Å². The predicted molar refractivity (Wildman–Crippen MR) is 80.4 cm³/mol. The Labute approximate surface area is 121 Å². The van der Waals surface area contributed by atoms with E-state index in [9.17, 15) is 14.7 Å². The summed E-state index contributed by atoms with van der Waals surface area (Å²) in [5.41, 5.74) is 0.634. The predicted octanol–water partition coefficient (Wildman–Crippen LogP) is 3.01. The lowest BCUT2D eigenvalue weighted by atomic mass is 10.1. The van der Waals surface area contributed by atoms with Crippen LogP contribution >= 0.6 is 11.3 Å². The van der Waals surface area contributed by atoms with Crippen molar-refractivity contribution < 1.29 is 14.7 Å². The number of nitrogens with zero attached hydrogens (tertiary/aromatic N) is 1. The molecule has 2 aromatic rings. The molecule has 0 saturated heterocycles. The van der Waals surface area contributed by atoms with Crippen LogP contribution in [0.4, 0.5) is 0 Å². The standard InChI is InChI=1S/C15H17NO3S/c1-3-16(4-2)13(17)9-11-10-7-5-6-8-12(10)20-14(11)15(18)19/h5-8H,3-4,9H2,1-2H3,(H,18,19). The Bertz CT molecular complexity index is 644. The summed E-state index contributed by atoms with van der Waals surface area (Å²) in [7, 11) is 0. The van der Waals surface area contributed by atoms with Crippen molar-refractivity contribution in [3.05, 3.63) is 34.7 Å². The van der Waals surface area contributed by atoms with E-state index in [1.165, 1.54) is 11.3 Å². The van der Waals surface area contributed by atoms with Gasteiger partial charge >= 0.3 is 5.97 Å². The molecular formula is C15H17NO3S. The van der Waals surface area contributed by atoms with Crippen LogP contribution in [0.5, 0.6) is 0 Å². The maximum atomic E-state index is 12.2. The van der Waals surface area contributed by atoms with Crippen LogP contribution in [-0.2, 0) is 11.2 Å². The number of carboxylic acids is 1. The third-order valence-electron chi connectivity index (χ3n) is 3.34. The molecule has 1 aromatic heterocycles. The fourth-order valence-corrected chi connectivity index (χ4v) is 3.35. The van der Waals surface area contributed by atoms with Gasteiger partial charge in [-0.05, 0) is 30.9 Å². The zero-order valence-electron chi connectivity index (χ0n) is 11.5. The molecule has 1 amide bonds. The van der Waals surface area contributed by atoms with Gasteiger partial charge in [0.15, 0.2) is 0 Å². The van der Waals surface area contributed by atoms with Crippen molar-refractivity contribution in [2.75, 3.05) is 13.1 Å². The van der Waals surface area contributed by atoms with Crippen LogP contribution in [0.25, 0.3) is 10.1 Å². The molecule has 0 radical (unpaired) electrons. The Morgan fingerprint density at radius 1 is 1.20 bits per heavy atom. The van der Waals surface area contributed by atoms with Crippen LogP contribution in [-0.4, -0.2) is 35.0 Å². The van der Waals surface area contributed by atoms with E-state index in [-0.39, 0.29) is 17.2 Å². The van der Waals surface area contributed by atoms with Gasteiger partial charge in [0.25, 0.3) is 0 Å². The highest BCUT2D eigenvalue weighted by Crippen LogP contribution is 2.31. The summed E-state index contributed by atoms with van der Waals surface area (Å²) in [6, 6.07) is 7.51. The molecule has 5 heteroatoms. The highest BCUT2D eigenvalue weighted by molar-refractivity contribution is 7.21. The molecule has 20 heavy (non-hydrogen) atoms. The number of thiophene rings is 1. The minimum atomic E-state index is -0.964. The number of fused-ring (bicyclic) bond motifs is 1. The maximum absolute atomic E-state index is 12.2. The number of benzene rings is 1. The summed E-state index contributed by atoms with van der Waals surface area (Å²) in [6.45, 7) is 5.12. The molecule has 1 aromatic carbocycles. The lowest BCUT2D eigenvalue weighted by Crippen LogP contribution is -2.32. The molecular weight excluding hydrogens is 274 g/mol. The van der Waals surface area contributed by atoms with Crippen LogP contribution in [0.15, 0.2) is 24.3 Å². The first-order valence-electron chi connectivity index (χ1n) is 6.59. The first kappa shape index (κ1) is 14.5. The molecule has 106 valence electrons. The first-order valence-corrected chi connectivity index (χ1v) is 7.41. The third kappa shape index (κ3) is 2.67. The summed E-state index contributed by atoms with van der Waals surface area (Å²) < 4.78 is 0.909. The number of carboxylic acid groups (broad SMARTS) is 1. The summed E-state index contributed by atoms with van der Waals surface area (Å²) in [6.07, 6.45) is 0.146. The number of carbonyl (C=O) groups excluding carboxylic acids is 1. The lowest BCUT2D eigenvalue weighted by Gasteiger charge is -2.18. The zero-order valence-corrected chi connectivity index (χ0v) is 12.4.